The second-order valence-corrected chi connectivity index (χ2v) is 6.57. The zero-order valence-electron chi connectivity index (χ0n) is 10.3. The van der Waals surface area contributed by atoms with Crippen molar-refractivity contribution in [2.45, 2.75) is 38.6 Å². The Morgan fingerprint density at radius 1 is 1.19 bits per heavy atom. The highest BCUT2D eigenvalue weighted by molar-refractivity contribution is 9.10. The molecule has 1 unspecified atom stereocenters. The Kier molecular flexibility index (Phi) is 3.41. The van der Waals surface area contributed by atoms with E-state index in [0.29, 0.717) is 11.5 Å². The highest BCUT2D eigenvalue weighted by Crippen LogP contribution is 2.31. The molecule has 1 saturated heterocycles. The van der Waals surface area contributed by atoms with Crippen molar-refractivity contribution in [2.24, 2.45) is 0 Å². The fourth-order valence-corrected chi connectivity index (χ4v) is 2.64. The van der Waals surface area contributed by atoms with E-state index in [1.807, 2.05) is 0 Å². The van der Waals surface area contributed by atoms with E-state index in [4.69, 9.17) is 0 Å². The largest absolute Gasteiger partial charge is 0.298 e. The van der Waals surface area contributed by atoms with Crippen molar-refractivity contribution >= 4 is 15.9 Å². The lowest BCUT2D eigenvalue weighted by molar-refractivity contribution is 0.173. The average Bonchev–Trinajstić information content (AvgIpc) is 2.67. The number of benzene rings is 1. The molecule has 1 aromatic carbocycles. The Labute approximate surface area is 107 Å². The van der Waals surface area contributed by atoms with Crippen molar-refractivity contribution in [3.8, 4) is 0 Å². The van der Waals surface area contributed by atoms with Gasteiger partial charge in [0.2, 0.25) is 0 Å². The van der Waals surface area contributed by atoms with Crippen LogP contribution in [0.25, 0.3) is 0 Å². The summed E-state index contributed by atoms with van der Waals surface area (Å²) in [6, 6.07) is 8.80. The van der Waals surface area contributed by atoms with Crippen LogP contribution in [-0.4, -0.2) is 23.5 Å². The minimum absolute atomic E-state index is 0.310. The van der Waals surface area contributed by atoms with Gasteiger partial charge < -0.3 is 0 Å². The van der Waals surface area contributed by atoms with Crippen LogP contribution in [0.1, 0.15) is 38.7 Å². The lowest BCUT2D eigenvalue weighted by Crippen LogP contribution is -2.39. The predicted octanol–water partition coefficient (Wildman–Crippen LogP) is 4.04. The van der Waals surface area contributed by atoms with Gasteiger partial charge in [-0.1, -0.05) is 28.1 Å². The number of halogens is 1. The summed E-state index contributed by atoms with van der Waals surface area (Å²) < 4.78 is 1.17. The maximum atomic E-state index is 3.49. The molecule has 1 nitrogen and oxygen atoms in total. The van der Waals surface area contributed by atoms with Crippen LogP contribution in [0, 0.1) is 0 Å². The summed E-state index contributed by atoms with van der Waals surface area (Å²) in [6.07, 6.45) is 1.29. The van der Waals surface area contributed by atoms with Crippen molar-refractivity contribution in [3.05, 3.63) is 34.3 Å². The Bertz CT molecular complexity index is 350. The Morgan fingerprint density at radius 3 is 2.31 bits per heavy atom. The van der Waals surface area contributed by atoms with Crippen molar-refractivity contribution < 1.29 is 0 Å². The summed E-state index contributed by atoms with van der Waals surface area (Å²) in [5.74, 6) is 0.715. The molecule has 1 atom stereocenters. The molecule has 0 bridgehead atoms. The second kappa shape index (κ2) is 4.50. The molecular formula is C14H20BrN. The van der Waals surface area contributed by atoms with Gasteiger partial charge in [-0.2, -0.15) is 0 Å². The molecule has 1 heterocycles. The molecule has 0 aromatic heterocycles. The van der Waals surface area contributed by atoms with Crippen LogP contribution in [0.4, 0.5) is 0 Å². The third-order valence-corrected chi connectivity index (χ3v) is 4.01. The van der Waals surface area contributed by atoms with E-state index in [0.717, 1.165) is 0 Å². The zero-order valence-corrected chi connectivity index (χ0v) is 11.9. The number of likely N-dealkylation sites (tertiary alicyclic amines) is 1. The fourth-order valence-electron chi connectivity index (χ4n) is 2.38. The van der Waals surface area contributed by atoms with Crippen LogP contribution in [0.5, 0.6) is 0 Å². The quantitative estimate of drug-likeness (QED) is 0.751. The third kappa shape index (κ3) is 2.67. The van der Waals surface area contributed by atoms with Gasteiger partial charge in [0.05, 0.1) is 0 Å². The third-order valence-electron chi connectivity index (χ3n) is 3.48. The van der Waals surface area contributed by atoms with E-state index in [1.54, 1.807) is 0 Å². The predicted molar refractivity (Wildman–Crippen MR) is 72.8 cm³/mol. The van der Waals surface area contributed by atoms with Crippen molar-refractivity contribution in [2.75, 3.05) is 13.1 Å². The summed E-state index contributed by atoms with van der Waals surface area (Å²) in [4.78, 5) is 2.58. The summed E-state index contributed by atoms with van der Waals surface area (Å²) in [5, 5.41) is 0. The average molecular weight is 282 g/mol. The monoisotopic (exact) mass is 281 g/mol. The zero-order chi connectivity index (χ0) is 11.8. The molecule has 2 rings (SSSR count). The van der Waals surface area contributed by atoms with E-state index < -0.39 is 0 Å². The summed E-state index contributed by atoms with van der Waals surface area (Å²) >= 11 is 3.49. The smallest absolute Gasteiger partial charge is 0.0175 e. The molecule has 0 radical (unpaired) electrons. The number of rotatable bonds is 1. The molecule has 0 spiro atoms. The normalized spacial score (nSPS) is 22.6. The lowest BCUT2D eigenvalue weighted by Gasteiger charge is -2.31. The molecule has 88 valence electrons. The number of hydrogen-bond acceptors (Lipinski definition) is 1. The molecular weight excluding hydrogens is 262 g/mol. The van der Waals surface area contributed by atoms with Gasteiger partial charge in [-0.15, -0.1) is 0 Å². The van der Waals surface area contributed by atoms with Gasteiger partial charge in [-0.25, -0.2) is 0 Å². The van der Waals surface area contributed by atoms with Gasteiger partial charge in [-0.05, 0) is 57.4 Å². The molecule has 1 aliphatic heterocycles. The molecule has 0 amide bonds. The first kappa shape index (κ1) is 12.1. The minimum Gasteiger partial charge on any atom is -0.298 e. The first-order chi connectivity index (χ1) is 7.47. The lowest BCUT2D eigenvalue weighted by atomic mass is 9.98. The molecule has 2 heteroatoms. The van der Waals surface area contributed by atoms with Crippen molar-refractivity contribution in [1.82, 2.24) is 4.90 Å². The standard InChI is InChI=1S/C14H20BrN/c1-14(2,3)16-9-8-12(10-16)11-4-6-13(15)7-5-11/h4-7,12H,8-10H2,1-3H3. The van der Waals surface area contributed by atoms with Gasteiger partial charge in [0.15, 0.2) is 0 Å². The Morgan fingerprint density at radius 2 is 1.81 bits per heavy atom. The van der Waals surface area contributed by atoms with Gasteiger partial charge in [0.25, 0.3) is 0 Å². The highest BCUT2D eigenvalue weighted by atomic mass is 79.9. The molecule has 0 aliphatic carbocycles. The van der Waals surface area contributed by atoms with E-state index in [9.17, 15) is 0 Å². The second-order valence-electron chi connectivity index (χ2n) is 5.65. The minimum atomic E-state index is 0.310. The maximum Gasteiger partial charge on any atom is 0.0175 e. The van der Waals surface area contributed by atoms with E-state index in [2.05, 4.69) is 65.9 Å². The topological polar surface area (TPSA) is 3.24 Å². The van der Waals surface area contributed by atoms with E-state index >= 15 is 0 Å². The number of hydrogen-bond donors (Lipinski definition) is 0. The molecule has 0 saturated carbocycles. The van der Waals surface area contributed by atoms with Gasteiger partial charge >= 0.3 is 0 Å². The maximum absolute atomic E-state index is 3.49. The van der Waals surface area contributed by atoms with Crippen LogP contribution >= 0.6 is 15.9 Å². The SMILES string of the molecule is CC(C)(C)N1CCC(c2ccc(Br)cc2)C1. The van der Waals surface area contributed by atoms with E-state index in [1.165, 1.54) is 29.5 Å². The van der Waals surface area contributed by atoms with Crippen LogP contribution in [0.3, 0.4) is 0 Å². The Balaban J connectivity index is 2.06. The number of nitrogens with zero attached hydrogens (tertiary/aromatic N) is 1. The molecule has 0 N–H and O–H groups in total. The summed E-state index contributed by atoms with van der Waals surface area (Å²) in [5.41, 5.74) is 1.79. The van der Waals surface area contributed by atoms with Crippen molar-refractivity contribution in [3.63, 3.8) is 0 Å². The molecule has 1 aromatic rings. The molecule has 1 aliphatic rings. The van der Waals surface area contributed by atoms with Crippen LogP contribution in [-0.2, 0) is 0 Å². The molecule has 16 heavy (non-hydrogen) atoms. The van der Waals surface area contributed by atoms with Crippen LogP contribution < -0.4 is 0 Å². The van der Waals surface area contributed by atoms with Crippen molar-refractivity contribution in [1.29, 1.82) is 0 Å². The van der Waals surface area contributed by atoms with Crippen LogP contribution in [0.15, 0.2) is 28.7 Å². The first-order valence-corrected chi connectivity index (χ1v) is 6.76. The first-order valence-electron chi connectivity index (χ1n) is 5.97. The van der Waals surface area contributed by atoms with Gasteiger partial charge in [-0.3, -0.25) is 4.90 Å². The van der Waals surface area contributed by atoms with E-state index in [-0.39, 0.29) is 0 Å². The summed E-state index contributed by atoms with van der Waals surface area (Å²) in [7, 11) is 0. The van der Waals surface area contributed by atoms with Gasteiger partial charge in [0, 0.05) is 16.6 Å². The van der Waals surface area contributed by atoms with Crippen LogP contribution in [0.2, 0.25) is 0 Å². The Hall–Kier alpha value is -0.340. The fraction of sp³-hybridized carbons (Fsp3) is 0.571. The van der Waals surface area contributed by atoms with Gasteiger partial charge in [0.1, 0.15) is 0 Å². The highest BCUT2D eigenvalue weighted by Gasteiger charge is 2.30. The molecule has 1 fully saturated rings. The summed E-state index contributed by atoms with van der Waals surface area (Å²) in [6.45, 7) is 9.33.